The lowest BCUT2D eigenvalue weighted by Gasteiger charge is -2.07. The molecule has 0 radical (unpaired) electrons. The minimum atomic E-state index is -0.137. The number of rotatable bonds is 4. The lowest BCUT2D eigenvalue weighted by Crippen LogP contribution is -2.20. The maximum atomic E-state index is 11.8. The third-order valence-electron chi connectivity index (χ3n) is 3.04. The third-order valence-corrected chi connectivity index (χ3v) is 3.04. The number of anilines is 3. The predicted molar refractivity (Wildman–Crippen MR) is 84.0 cm³/mol. The molecule has 22 heavy (non-hydrogen) atoms. The Morgan fingerprint density at radius 3 is 2.68 bits per heavy atom. The first kappa shape index (κ1) is 14.0. The van der Waals surface area contributed by atoms with Crippen molar-refractivity contribution in [2.24, 2.45) is 5.92 Å². The van der Waals surface area contributed by atoms with Crippen molar-refractivity contribution in [1.29, 1.82) is 0 Å². The van der Waals surface area contributed by atoms with Gasteiger partial charge in [-0.15, -0.1) is 5.10 Å². The van der Waals surface area contributed by atoms with Gasteiger partial charge in [-0.3, -0.25) is 10.1 Å². The number of benzene rings is 1. The molecule has 0 aliphatic heterocycles. The first-order valence-electron chi connectivity index (χ1n) is 6.98. The third kappa shape index (κ3) is 2.88. The standard InChI is InChI=1S/C15H16N6O/c1-10(2)13(22)19-15-16-9-8-12-18-14(20-21(12)15)17-11-6-4-3-5-7-11/h3-10H,1-2H3,(H,17,20)(H,16,19,22). The van der Waals surface area contributed by atoms with Gasteiger partial charge in [-0.25, -0.2) is 4.98 Å². The van der Waals surface area contributed by atoms with Gasteiger partial charge < -0.3 is 5.32 Å². The van der Waals surface area contributed by atoms with Crippen molar-refractivity contribution in [1.82, 2.24) is 19.6 Å². The molecular formula is C15H16N6O. The molecule has 1 aromatic carbocycles. The highest BCUT2D eigenvalue weighted by molar-refractivity contribution is 5.90. The number of para-hydroxylation sites is 1. The smallest absolute Gasteiger partial charge is 0.247 e. The number of carbonyl (C=O) groups is 1. The summed E-state index contributed by atoms with van der Waals surface area (Å²) in [5.74, 6) is 0.541. The molecule has 112 valence electrons. The van der Waals surface area contributed by atoms with Crippen molar-refractivity contribution in [2.75, 3.05) is 10.6 Å². The Morgan fingerprint density at radius 2 is 1.95 bits per heavy atom. The Morgan fingerprint density at radius 1 is 1.18 bits per heavy atom. The average Bonchev–Trinajstić information content (AvgIpc) is 2.91. The number of carbonyl (C=O) groups excluding carboxylic acids is 1. The van der Waals surface area contributed by atoms with Crippen LogP contribution in [0, 0.1) is 5.92 Å². The molecule has 0 saturated carbocycles. The van der Waals surface area contributed by atoms with Crippen molar-refractivity contribution in [3.05, 3.63) is 42.6 Å². The van der Waals surface area contributed by atoms with Gasteiger partial charge in [0.15, 0.2) is 5.65 Å². The van der Waals surface area contributed by atoms with E-state index in [1.54, 1.807) is 12.3 Å². The quantitative estimate of drug-likeness (QED) is 0.772. The predicted octanol–water partition coefficient (Wildman–Crippen LogP) is 2.46. The fourth-order valence-corrected chi connectivity index (χ4v) is 1.86. The van der Waals surface area contributed by atoms with E-state index in [1.165, 1.54) is 4.52 Å². The number of hydrogen-bond acceptors (Lipinski definition) is 5. The minimum Gasteiger partial charge on any atom is -0.323 e. The van der Waals surface area contributed by atoms with E-state index in [9.17, 15) is 4.79 Å². The van der Waals surface area contributed by atoms with Crippen LogP contribution in [0.3, 0.4) is 0 Å². The lowest BCUT2D eigenvalue weighted by atomic mass is 10.2. The van der Waals surface area contributed by atoms with Crippen LogP contribution in [0.4, 0.5) is 17.6 Å². The molecule has 7 heteroatoms. The van der Waals surface area contributed by atoms with Crippen LogP contribution in [0.2, 0.25) is 0 Å². The Balaban J connectivity index is 1.91. The molecule has 3 rings (SSSR count). The van der Waals surface area contributed by atoms with Crippen LogP contribution >= 0.6 is 0 Å². The molecule has 2 aromatic heterocycles. The van der Waals surface area contributed by atoms with E-state index in [2.05, 4.69) is 25.7 Å². The molecule has 0 aliphatic rings. The summed E-state index contributed by atoms with van der Waals surface area (Å²) in [4.78, 5) is 20.3. The summed E-state index contributed by atoms with van der Waals surface area (Å²) in [5.41, 5.74) is 1.49. The van der Waals surface area contributed by atoms with Crippen molar-refractivity contribution in [2.45, 2.75) is 13.8 Å². The summed E-state index contributed by atoms with van der Waals surface area (Å²) in [6, 6.07) is 11.4. The highest BCUT2D eigenvalue weighted by atomic mass is 16.2. The zero-order valence-corrected chi connectivity index (χ0v) is 12.3. The molecule has 1 amide bonds. The number of hydrogen-bond donors (Lipinski definition) is 2. The summed E-state index contributed by atoms with van der Waals surface area (Å²) in [7, 11) is 0. The van der Waals surface area contributed by atoms with Gasteiger partial charge in [0, 0.05) is 23.9 Å². The van der Waals surface area contributed by atoms with Crippen LogP contribution in [0.5, 0.6) is 0 Å². The molecule has 0 atom stereocenters. The van der Waals surface area contributed by atoms with Gasteiger partial charge in [0.05, 0.1) is 0 Å². The van der Waals surface area contributed by atoms with Crippen LogP contribution < -0.4 is 10.6 Å². The van der Waals surface area contributed by atoms with Crippen LogP contribution in [-0.2, 0) is 4.79 Å². The molecule has 0 saturated heterocycles. The van der Waals surface area contributed by atoms with Crippen molar-refractivity contribution in [3.8, 4) is 0 Å². The van der Waals surface area contributed by atoms with Crippen molar-refractivity contribution >= 4 is 29.1 Å². The number of fused-ring (bicyclic) bond motifs is 1. The second-order valence-electron chi connectivity index (χ2n) is 5.11. The number of nitrogens with one attached hydrogen (secondary N) is 2. The Bertz CT molecular complexity index is 796. The maximum Gasteiger partial charge on any atom is 0.247 e. The van der Waals surface area contributed by atoms with Crippen molar-refractivity contribution < 1.29 is 4.79 Å². The summed E-state index contributed by atoms with van der Waals surface area (Å²) < 4.78 is 1.51. The van der Waals surface area contributed by atoms with Crippen LogP contribution in [0.15, 0.2) is 42.6 Å². The zero-order chi connectivity index (χ0) is 15.5. The zero-order valence-electron chi connectivity index (χ0n) is 12.3. The number of aromatic nitrogens is 4. The highest BCUT2D eigenvalue weighted by Gasteiger charge is 2.13. The van der Waals surface area contributed by atoms with E-state index in [0.29, 0.717) is 17.5 Å². The Kier molecular flexibility index (Phi) is 3.69. The molecule has 0 bridgehead atoms. The van der Waals surface area contributed by atoms with E-state index in [4.69, 9.17) is 0 Å². The van der Waals surface area contributed by atoms with Gasteiger partial charge in [-0.2, -0.15) is 9.50 Å². The monoisotopic (exact) mass is 296 g/mol. The van der Waals surface area contributed by atoms with Gasteiger partial charge in [0.1, 0.15) is 0 Å². The summed E-state index contributed by atoms with van der Waals surface area (Å²) in [6.45, 7) is 3.64. The average molecular weight is 296 g/mol. The highest BCUT2D eigenvalue weighted by Crippen LogP contribution is 2.15. The molecule has 0 aliphatic carbocycles. The Labute approximate surface area is 127 Å². The molecule has 0 fully saturated rings. The first-order valence-corrected chi connectivity index (χ1v) is 6.98. The largest absolute Gasteiger partial charge is 0.323 e. The van der Waals surface area contributed by atoms with Gasteiger partial charge >= 0.3 is 0 Å². The van der Waals surface area contributed by atoms with E-state index in [0.717, 1.165) is 5.69 Å². The molecule has 2 N–H and O–H groups in total. The van der Waals surface area contributed by atoms with E-state index in [1.807, 2.05) is 44.2 Å². The van der Waals surface area contributed by atoms with Crippen LogP contribution in [0.25, 0.3) is 5.65 Å². The van der Waals surface area contributed by atoms with E-state index in [-0.39, 0.29) is 11.8 Å². The first-order chi connectivity index (χ1) is 10.6. The molecule has 3 aromatic rings. The van der Waals surface area contributed by atoms with Gasteiger partial charge in [-0.1, -0.05) is 32.0 Å². The summed E-state index contributed by atoms with van der Waals surface area (Å²) in [5, 5.41) is 10.2. The second-order valence-corrected chi connectivity index (χ2v) is 5.11. The van der Waals surface area contributed by atoms with Gasteiger partial charge in [-0.05, 0) is 12.1 Å². The molecule has 2 heterocycles. The van der Waals surface area contributed by atoms with E-state index >= 15 is 0 Å². The molecule has 0 unspecified atom stereocenters. The summed E-state index contributed by atoms with van der Waals surface area (Å²) in [6.07, 6.45) is 1.59. The molecule has 0 spiro atoms. The summed E-state index contributed by atoms with van der Waals surface area (Å²) >= 11 is 0. The fraction of sp³-hybridized carbons (Fsp3) is 0.200. The minimum absolute atomic E-state index is 0.118. The number of nitrogens with zero attached hydrogens (tertiary/aromatic N) is 4. The normalized spacial score (nSPS) is 10.9. The van der Waals surface area contributed by atoms with Crippen LogP contribution in [-0.4, -0.2) is 25.5 Å². The molecule has 7 nitrogen and oxygen atoms in total. The van der Waals surface area contributed by atoms with Crippen LogP contribution in [0.1, 0.15) is 13.8 Å². The molecular weight excluding hydrogens is 280 g/mol. The van der Waals surface area contributed by atoms with Gasteiger partial charge in [0.25, 0.3) is 0 Å². The number of amides is 1. The second kappa shape index (κ2) is 5.80. The fourth-order valence-electron chi connectivity index (χ4n) is 1.86. The maximum absolute atomic E-state index is 11.8. The topological polar surface area (TPSA) is 84.2 Å². The lowest BCUT2D eigenvalue weighted by molar-refractivity contribution is -0.118. The Hall–Kier alpha value is -2.96. The van der Waals surface area contributed by atoms with Gasteiger partial charge in [0.2, 0.25) is 17.8 Å². The van der Waals surface area contributed by atoms with Crippen molar-refractivity contribution in [3.63, 3.8) is 0 Å². The van der Waals surface area contributed by atoms with E-state index < -0.39 is 0 Å². The SMILES string of the molecule is CC(C)C(=O)Nc1nccc2nc(Nc3ccccc3)nn12.